The second kappa shape index (κ2) is 6.25. The van der Waals surface area contributed by atoms with Crippen LogP contribution in [0.25, 0.3) is 0 Å². The molecule has 0 saturated heterocycles. The first kappa shape index (κ1) is 14.1. The number of amides is 1. The highest BCUT2D eigenvalue weighted by atomic mass is 35.5. The number of nitrogens with zero attached hydrogens (tertiary/aromatic N) is 1. The van der Waals surface area contributed by atoms with Gasteiger partial charge in [0, 0.05) is 16.9 Å². The molecular formula is C14H14ClN3O2. The van der Waals surface area contributed by atoms with E-state index in [1.807, 2.05) is 6.92 Å². The molecule has 1 heterocycles. The summed E-state index contributed by atoms with van der Waals surface area (Å²) in [4.78, 5) is 16.3. The molecule has 0 aliphatic carbocycles. The van der Waals surface area contributed by atoms with Crippen molar-refractivity contribution in [2.24, 2.45) is 0 Å². The van der Waals surface area contributed by atoms with Crippen molar-refractivity contribution in [2.45, 2.75) is 6.92 Å². The van der Waals surface area contributed by atoms with Crippen molar-refractivity contribution < 1.29 is 9.53 Å². The number of hydrogen-bond donors (Lipinski definition) is 2. The van der Waals surface area contributed by atoms with Gasteiger partial charge in [-0.15, -0.1) is 0 Å². The first-order valence-corrected chi connectivity index (χ1v) is 6.43. The number of anilines is 2. The highest BCUT2D eigenvalue weighted by Gasteiger charge is 2.16. The van der Waals surface area contributed by atoms with Gasteiger partial charge in [-0.05, 0) is 31.2 Å². The van der Waals surface area contributed by atoms with Crippen LogP contribution in [0.4, 0.5) is 11.5 Å². The molecule has 0 spiro atoms. The molecule has 0 atom stereocenters. The third-order valence-corrected chi connectivity index (χ3v) is 2.78. The summed E-state index contributed by atoms with van der Waals surface area (Å²) in [5.74, 6) is 0.404. The zero-order chi connectivity index (χ0) is 14.5. The number of aromatic nitrogens is 1. The smallest absolute Gasteiger partial charge is 0.262 e. The lowest BCUT2D eigenvalue weighted by Crippen LogP contribution is -2.16. The van der Waals surface area contributed by atoms with Crippen molar-refractivity contribution in [1.82, 2.24) is 4.98 Å². The molecule has 0 bridgehead atoms. The van der Waals surface area contributed by atoms with Crippen molar-refractivity contribution in [3.63, 3.8) is 0 Å². The number of halogens is 1. The summed E-state index contributed by atoms with van der Waals surface area (Å²) in [7, 11) is 0. The maximum atomic E-state index is 12.3. The summed E-state index contributed by atoms with van der Waals surface area (Å²) in [5.41, 5.74) is 6.48. The first-order chi connectivity index (χ1) is 9.61. The molecule has 20 heavy (non-hydrogen) atoms. The van der Waals surface area contributed by atoms with Crippen molar-refractivity contribution in [3.05, 3.63) is 47.1 Å². The summed E-state index contributed by atoms with van der Waals surface area (Å²) in [6.45, 7) is 2.28. The Labute approximate surface area is 121 Å². The van der Waals surface area contributed by atoms with Gasteiger partial charge in [-0.1, -0.05) is 17.7 Å². The van der Waals surface area contributed by atoms with Gasteiger partial charge in [0.1, 0.15) is 17.1 Å². The molecule has 1 aromatic carbocycles. The van der Waals surface area contributed by atoms with Crippen LogP contribution in [0.5, 0.6) is 5.75 Å². The highest BCUT2D eigenvalue weighted by molar-refractivity contribution is 6.30. The van der Waals surface area contributed by atoms with Crippen LogP contribution >= 0.6 is 11.6 Å². The predicted molar refractivity (Wildman–Crippen MR) is 79.2 cm³/mol. The highest BCUT2D eigenvalue weighted by Crippen LogP contribution is 2.25. The molecule has 2 aromatic rings. The third kappa shape index (κ3) is 3.19. The van der Waals surface area contributed by atoms with E-state index in [1.165, 1.54) is 6.20 Å². The Morgan fingerprint density at radius 3 is 2.95 bits per heavy atom. The van der Waals surface area contributed by atoms with E-state index in [0.29, 0.717) is 28.9 Å². The molecule has 104 valence electrons. The number of rotatable bonds is 4. The molecule has 0 radical (unpaired) electrons. The molecule has 0 saturated carbocycles. The third-order valence-electron chi connectivity index (χ3n) is 2.55. The molecule has 0 aliphatic heterocycles. The number of ether oxygens (including phenoxy) is 1. The number of nitrogens with one attached hydrogen (secondary N) is 1. The van der Waals surface area contributed by atoms with Crippen LogP contribution in [0.3, 0.4) is 0 Å². The summed E-state index contributed by atoms with van der Waals surface area (Å²) in [6.07, 6.45) is 1.51. The molecule has 1 amide bonds. The monoisotopic (exact) mass is 291 g/mol. The van der Waals surface area contributed by atoms with E-state index in [4.69, 9.17) is 22.1 Å². The van der Waals surface area contributed by atoms with Gasteiger partial charge < -0.3 is 15.8 Å². The van der Waals surface area contributed by atoms with E-state index in [9.17, 15) is 4.79 Å². The topological polar surface area (TPSA) is 77.2 Å². The first-order valence-electron chi connectivity index (χ1n) is 6.06. The van der Waals surface area contributed by atoms with E-state index in [-0.39, 0.29) is 11.5 Å². The zero-order valence-electron chi connectivity index (χ0n) is 10.9. The van der Waals surface area contributed by atoms with Crippen LogP contribution in [0.1, 0.15) is 17.3 Å². The number of carbonyl (C=O) groups excluding carboxylic acids is 1. The maximum absolute atomic E-state index is 12.3. The Bertz CT molecular complexity index is 632. The molecular weight excluding hydrogens is 278 g/mol. The van der Waals surface area contributed by atoms with Gasteiger partial charge >= 0.3 is 0 Å². The molecule has 5 nitrogen and oxygen atoms in total. The van der Waals surface area contributed by atoms with Crippen LogP contribution in [0, 0.1) is 0 Å². The summed E-state index contributed by atoms with van der Waals surface area (Å²) >= 11 is 5.85. The minimum absolute atomic E-state index is 0.288. The number of carbonyl (C=O) groups is 1. The van der Waals surface area contributed by atoms with Gasteiger partial charge in [0.05, 0.1) is 6.61 Å². The SMILES string of the molecule is CCOc1cccc(N)c1C(=O)Nc1cc(Cl)ccn1. The lowest BCUT2D eigenvalue weighted by Gasteiger charge is -2.12. The molecule has 1 aromatic heterocycles. The normalized spacial score (nSPS) is 10.1. The summed E-state index contributed by atoms with van der Waals surface area (Å²) in [5, 5.41) is 3.13. The van der Waals surface area contributed by atoms with Gasteiger partial charge in [0.25, 0.3) is 5.91 Å². The van der Waals surface area contributed by atoms with Gasteiger partial charge in [0.15, 0.2) is 0 Å². The average molecular weight is 292 g/mol. The summed E-state index contributed by atoms with van der Waals surface area (Å²) < 4.78 is 5.41. The minimum Gasteiger partial charge on any atom is -0.493 e. The van der Waals surface area contributed by atoms with Gasteiger partial charge in [-0.25, -0.2) is 4.98 Å². The molecule has 2 rings (SSSR count). The molecule has 0 fully saturated rings. The fourth-order valence-corrected chi connectivity index (χ4v) is 1.88. The fraction of sp³-hybridized carbons (Fsp3) is 0.143. The molecule has 6 heteroatoms. The second-order valence-corrected chi connectivity index (χ2v) is 4.40. The number of hydrogen-bond acceptors (Lipinski definition) is 4. The standard InChI is InChI=1S/C14H14ClN3O2/c1-2-20-11-5-3-4-10(16)13(11)14(19)18-12-8-9(15)6-7-17-12/h3-8H,2,16H2,1H3,(H,17,18,19). The minimum atomic E-state index is -0.388. The van der Waals surface area contributed by atoms with Crippen LogP contribution in [0.15, 0.2) is 36.5 Å². The van der Waals surface area contributed by atoms with Crippen LogP contribution < -0.4 is 15.8 Å². The number of nitrogen functional groups attached to an aromatic ring is 1. The van der Waals surface area contributed by atoms with Crippen LogP contribution in [-0.4, -0.2) is 17.5 Å². The summed E-state index contributed by atoms with van der Waals surface area (Å²) in [6, 6.07) is 8.25. The van der Waals surface area contributed by atoms with E-state index in [2.05, 4.69) is 10.3 Å². The Hall–Kier alpha value is -2.27. The van der Waals surface area contributed by atoms with Crippen LogP contribution in [-0.2, 0) is 0 Å². The van der Waals surface area contributed by atoms with E-state index in [0.717, 1.165) is 0 Å². The quantitative estimate of drug-likeness (QED) is 0.849. The Balaban J connectivity index is 2.29. The van der Waals surface area contributed by atoms with Gasteiger partial charge in [0.2, 0.25) is 0 Å². The van der Waals surface area contributed by atoms with Gasteiger partial charge in [-0.3, -0.25) is 4.79 Å². The van der Waals surface area contributed by atoms with Crippen molar-refractivity contribution in [3.8, 4) is 5.75 Å². The Kier molecular flexibility index (Phi) is 4.42. The molecule has 0 unspecified atom stereocenters. The number of nitrogens with two attached hydrogens (primary N) is 1. The lowest BCUT2D eigenvalue weighted by atomic mass is 10.1. The predicted octanol–water partition coefficient (Wildman–Crippen LogP) is 2.97. The fourth-order valence-electron chi connectivity index (χ4n) is 1.72. The maximum Gasteiger partial charge on any atom is 0.262 e. The number of benzene rings is 1. The Morgan fingerprint density at radius 2 is 2.25 bits per heavy atom. The number of pyridine rings is 1. The lowest BCUT2D eigenvalue weighted by molar-refractivity contribution is 0.102. The Morgan fingerprint density at radius 1 is 1.45 bits per heavy atom. The van der Waals surface area contributed by atoms with Gasteiger partial charge in [-0.2, -0.15) is 0 Å². The van der Waals surface area contributed by atoms with E-state index < -0.39 is 0 Å². The molecule has 0 aliphatic rings. The zero-order valence-corrected chi connectivity index (χ0v) is 11.6. The molecule has 3 N–H and O–H groups in total. The van der Waals surface area contributed by atoms with E-state index >= 15 is 0 Å². The second-order valence-electron chi connectivity index (χ2n) is 3.97. The van der Waals surface area contributed by atoms with E-state index in [1.54, 1.807) is 30.3 Å². The largest absolute Gasteiger partial charge is 0.493 e. The van der Waals surface area contributed by atoms with Crippen molar-refractivity contribution in [1.29, 1.82) is 0 Å². The van der Waals surface area contributed by atoms with Crippen LogP contribution in [0.2, 0.25) is 5.02 Å². The average Bonchev–Trinajstić information content (AvgIpc) is 2.39. The van der Waals surface area contributed by atoms with Crippen molar-refractivity contribution >= 4 is 29.0 Å². The van der Waals surface area contributed by atoms with Crippen molar-refractivity contribution in [2.75, 3.05) is 17.7 Å².